The number of halogens is 1. The van der Waals surface area contributed by atoms with Crippen molar-refractivity contribution in [2.75, 3.05) is 14.2 Å². The van der Waals surface area contributed by atoms with Crippen molar-refractivity contribution < 1.29 is 24.2 Å². The fourth-order valence-corrected chi connectivity index (χ4v) is 4.48. The maximum Gasteiger partial charge on any atom is 0.335 e. The zero-order valence-corrected chi connectivity index (χ0v) is 21.3. The Morgan fingerprint density at radius 2 is 1.80 bits per heavy atom. The summed E-state index contributed by atoms with van der Waals surface area (Å²) in [6, 6.07) is 19.5. The predicted molar refractivity (Wildman–Crippen MR) is 140 cm³/mol. The first-order valence-electron chi connectivity index (χ1n) is 10.5. The summed E-state index contributed by atoms with van der Waals surface area (Å²) in [5, 5.41) is 9.54. The second-order valence-corrected chi connectivity index (χ2v) is 9.47. The highest BCUT2D eigenvalue weighted by Crippen LogP contribution is 2.35. The lowest BCUT2D eigenvalue weighted by atomic mass is 10.2. The minimum absolute atomic E-state index is 0.176. The fourth-order valence-electron chi connectivity index (χ4n) is 3.23. The molecule has 0 bridgehead atoms. The van der Waals surface area contributed by atoms with Gasteiger partial charge in [0.25, 0.3) is 5.91 Å². The topological polar surface area (TPSA) is 88.4 Å². The normalized spacial score (nSPS) is 15.6. The average Bonchev–Trinajstić information content (AvgIpc) is 3.12. The molecular weight excluding hydrogens is 532 g/mol. The molecule has 3 aromatic rings. The van der Waals surface area contributed by atoms with E-state index in [1.807, 2.05) is 42.5 Å². The number of nitrogens with zero attached hydrogens (tertiary/aromatic N) is 2. The van der Waals surface area contributed by atoms with Gasteiger partial charge in [-0.15, -0.1) is 0 Å². The Balaban J connectivity index is 1.50. The molecule has 0 saturated carbocycles. The van der Waals surface area contributed by atoms with Gasteiger partial charge in [0.05, 0.1) is 23.3 Å². The SMILES string of the molecule is COc1cc(/C=C2\SC(=Nc3ccc(C(=O)O)cc3)N(C)C2=O)ccc1OCc1ccc(Br)cc1. The van der Waals surface area contributed by atoms with Gasteiger partial charge >= 0.3 is 5.97 Å². The Morgan fingerprint density at radius 1 is 1.09 bits per heavy atom. The van der Waals surface area contributed by atoms with Crippen LogP contribution in [-0.2, 0) is 11.4 Å². The Morgan fingerprint density at radius 3 is 2.46 bits per heavy atom. The number of ether oxygens (including phenoxy) is 2. The molecule has 1 aliphatic rings. The van der Waals surface area contributed by atoms with Crippen LogP contribution < -0.4 is 9.47 Å². The lowest BCUT2D eigenvalue weighted by Gasteiger charge is -2.11. The van der Waals surface area contributed by atoms with Gasteiger partial charge in [-0.25, -0.2) is 9.79 Å². The van der Waals surface area contributed by atoms with Gasteiger partial charge in [0, 0.05) is 11.5 Å². The summed E-state index contributed by atoms with van der Waals surface area (Å²) >= 11 is 4.67. The van der Waals surface area contributed by atoms with Gasteiger partial charge in [-0.2, -0.15) is 0 Å². The number of aliphatic imine (C=N–C) groups is 1. The van der Waals surface area contributed by atoms with Crippen LogP contribution in [-0.4, -0.2) is 41.2 Å². The number of amidine groups is 1. The Labute approximate surface area is 215 Å². The molecule has 1 saturated heterocycles. The van der Waals surface area contributed by atoms with Crippen LogP contribution in [0.3, 0.4) is 0 Å². The number of hydrogen-bond donors (Lipinski definition) is 1. The van der Waals surface area contributed by atoms with Gasteiger partial charge in [-0.3, -0.25) is 9.69 Å². The molecule has 178 valence electrons. The monoisotopic (exact) mass is 552 g/mol. The van der Waals surface area contributed by atoms with Crippen LogP contribution in [0.15, 0.2) is 81.1 Å². The molecule has 7 nitrogen and oxygen atoms in total. The number of likely N-dealkylation sites (N-methyl/N-ethyl adjacent to an activating group) is 1. The van der Waals surface area contributed by atoms with Crippen LogP contribution in [0.25, 0.3) is 6.08 Å². The predicted octanol–water partition coefficient (Wildman–Crippen LogP) is 5.97. The van der Waals surface area contributed by atoms with E-state index in [0.717, 1.165) is 15.6 Å². The van der Waals surface area contributed by atoms with E-state index in [2.05, 4.69) is 20.9 Å². The summed E-state index contributed by atoms with van der Waals surface area (Å²) in [5.74, 6) is -0.0117. The number of hydrogen-bond acceptors (Lipinski definition) is 6. The van der Waals surface area contributed by atoms with Crippen molar-refractivity contribution in [2.45, 2.75) is 6.61 Å². The summed E-state index contributed by atoms with van der Waals surface area (Å²) in [6.07, 6.45) is 1.78. The fraction of sp³-hybridized carbons (Fsp3) is 0.115. The highest BCUT2D eigenvalue weighted by molar-refractivity contribution is 9.10. The maximum absolute atomic E-state index is 12.8. The molecule has 9 heteroatoms. The number of aromatic carboxylic acids is 1. The lowest BCUT2D eigenvalue weighted by molar-refractivity contribution is -0.121. The third-order valence-corrected chi connectivity index (χ3v) is 6.72. The number of methoxy groups -OCH3 is 1. The van der Waals surface area contributed by atoms with E-state index >= 15 is 0 Å². The van der Waals surface area contributed by atoms with E-state index < -0.39 is 5.97 Å². The molecule has 4 rings (SSSR count). The molecule has 35 heavy (non-hydrogen) atoms. The number of amides is 1. The average molecular weight is 553 g/mol. The Kier molecular flexibility index (Phi) is 7.57. The second-order valence-electron chi connectivity index (χ2n) is 7.55. The van der Waals surface area contributed by atoms with Crippen LogP contribution >= 0.6 is 27.7 Å². The number of carboxylic acid groups (broad SMARTS) is 1. The van der Waals surface area contributed by atoms with E-state index in [1.165, 1.54) is 28.8 Å². The summed E-state index contributed by atoms with van der Waals surface area (Å²) in [5.41, 5.74) is 2.56. The second kappa shape index (κ2) is 10.8. The molecule has 0 unspecified atom stereocenters. The van der Waals surface area contributed by atoms with Gasteiger partial charge in [-0.1, -0.05) is 34.1 Å². The minimum Gasteiger partial charge on any atom is -0.493 e. The number of rotatable bonds is 7. The highest BCUT2D eigenvalue weighted by Gasteiger charge is 2.30. The summed E-state index contributed by atoms with van der Waals surface area (Å²) in [6.45, 7) is 0.399. The van der Waals surface area contributed by atoms with Gasteiger partial charge in [0.2, 0.25) is 0 Å². The first-order valence-corrected chi connectivity index (χ1v) is 12.1. The molecule has 1 aliphatic heterocycles. The van der Waals surface area contributed by atoms with Crippen molar-refractivity contribution >= 4 is 56.5 Å². The Hall–Kier alpha value is -3.56. The van der Waals surface area contributed by atoms with Gasteiger partial charge < -0.3 is 14.6 Å². The standard InChI is InChI=1S/C26H21BrN2O5S/c1-29-24(30)23(35-26(29)28-20-10-6-18(7-11-20)25(31)32)14-17-5-12-21(22(13-17)33-2)34-15-16-3-8-19(27)9-4-16/h3-14H,15H2,1-2H3,(H,31,32)/b23-14-,28-26?. The Bertz CT molecular complexity index is 1320. The molecule has 1 N–H and O–H groups in total. The number of carbonyl (C=O) groups excluding carboxylic acids is 1. The first kappa shape index (κ1) is 24.6. The van der Waals surface area contributed by atoms with E-state index in [0.29, 0.717) is 33.9 Å². The van der Waals surface area contributed by atoms with Crippen molar-refractivity contribution in [1.82, 2.24) is 4.90 Å². The van der Waals surface area contributed by atoms with E-state index in [4.69, 9.17) is 14.6 Å². The van der Waals surface area contributed by atoms with Crippen LogP contribution in [0.5, 0.6) is 11.5 Å². The number of thioether (sulfide) groups is 1. The summed E-state index contributed by atoms with van der Waals surface area (Å²) in [4.78, 5) is 30.3. The highest BCUT2D eigenvalue weighted by atomic mass is 79.9. The van der Waals surface area contributed by atoms with Gasteiger partial charge in [0.1, 0.15) is 6.61 Å². The first-order chi connectivity index (χ1) is 16.8. The van der Waals surface area contributed by atoms with E-state index in [-0.39, 0.29) is 11.5 Å². The van der Waals surface area contributed by atoms with E-state index in [1.54, 1.807) is 32.4 Å². The smallest absolute Gasteiger partial charge is 0.335 e. The van der Waals surface area contributed by atoms with Crippen LogP contribution in [0, 0.1) is 0 Å². The zero-order chi connectivity index (χ0) is 24.9. The number of carboxylic acids is 1. The lowest BCUT2D eigenvalue weighted by Crippen LogP contribution is -2.23. The molecule has 0 aliphatic carbocycles. The van der Waals surface area contributed by atoms with Crippen LogP contribution in [0.2, 0.25) is 0 Å². The molecule has 0 radical (unpaired) electrons. The van der Waals surface area contributed by atoms with Crippen molar-refractivity contribution in [3.05, 3.63) is 92.8 Å². The van der Waals surface area contributed by atoms with Crippen LogP contribution in [0.1, 0.15) is 21.5 Å². The molecule has 1 heterocycles. The summed E-state index contributed by atoms with van der Waals surface area (Å²) < 4.78 is 12.4. The maximum atomic E-state index is 12.8. The molecular formula is C26H21BrN2O5S. The molecule has 0 aromatic heterocycles. The summed E-state index contributed by atoms with van der Waals surface area (Å²) in [7, 11) is 3.22. The molecule has 1 amide bonds. The minimum atomic E-state index is -1.00. The number of carbonyl (C=O) groups is 2. The molecule has 0 atom stereocenters. The van der Waals surface area contributed by atoms with Crippen molar-refractivity contribution in [1.29, 1.82) is 0 Å². The van der Waals surface area contributed by atoms with Gasteiger partial charge in [-0.05, 0) is 77.5 Å². The molecule has 1 fully saturated rings. The van der Waals surface area contributed by atoms with Crippen molar-refractivity contribution in [2.24, 2.45) is 4.99 Å². The third kappa shape index (κ3) is 5.93. The quantitative estimate of drug-likeness (QED) is 0.363. The largest absolute Gasteiger partial charge is 0.493 e. The third-order valence-electron chi connectivity index (χ3n) is 5.14. The van der Waals surface area contributed by atoms with E-state index in [9.17, 15) is 9.59 Å². The zero-order valence-electron chi connectivity index (χ0n) is 18.9. The molecule has 3 aromatic carbocycles. The van der Waals surface area contributed by atoms with Gasteiger partial charge in [0.15, 0.2) is 16.7 Å². The van der Waals surface area contributed by atoms with Crippen molar-refractivity contribution in [3.63, 3.8) is 0 Å². The molecule has 0 spiro atoms. The number of benzene rings is 3. The van der Waals surface area contributed by atoms with Crippen molar-refractivity contribution in [3.8, 4) is 11.5 Å². The van der Waals surface area contributed by atoms with Crippen LogP contribution in [0.4, 0.5) is 5.69 Å².